The number of rotatable bonds is 7. The standard InChI is InChI=1S/C18H17NO6S/c1-23-18(20)16-8-2-3-9-17(16)26(21,22)19(12-14-6-4-10-24-14)13-15-7-5-11-25-15/h2-11H,12-13H2,1H3. The van der Waals surface area contributed by atoms with Crippen LogP contribution in [-0.2, 0) is 27.8 Å². The van der Waals surface area contributed by atoms with Crippen molar-refractivity contribution in [3.63, 3.8) is 0 Å². The van der Waals surface area contributed by atoms with Gasteiger partial charge in [0.25, 0.3) is 0 Å². The number of sulfonamides is 1. The highest BCUT2D eigenvalue weighted by molar-refractivity contribution is 7.89. The molecule has 2 aromatic heterocycles. The van der Waals surface area contributed by atoms with Crippen molar-refractivity contribution in [2.24, 2.45) is 0 Å². The number of carbonyl (C=O) groups is 1. The van der Waals surface area contributed by atoms with Gasteiger partial charge in [0.1, 0.15) is 11.5 Å². The van der Waals surface area contributed by atoms with Crippen molar-refractivity contribution in [2.75, 3.05) is 7.11 Å². The summed E-state index contributed by atoms with van der Waals surface area (Å²) in [5.74, 6) is 0.214. The van der Waals surface area contributed by atoms with E-state index < -0.39 is 16.0 Å². The van der Waals surface area contributed by atoms with Gasteiger partial charge in [-0.15, -0.1) is 0 Å². The van der Waals surface area contributed by atoms with Gasteiger partial charge in [0.05, 0.1) is 43.2 Å². The second-order valence-electron chi connectivity index (χ2n) is 5.42. The van der Waals surface area contributed by atoms with Crippen LogP contribution in [0.4, 0.5) is 0 Å². The molecule has 0 unspecified atom stereocenters. The van der Waals surface area contributed by atoms with Crippen LogP contribution >= 0.6 is 0 Å². The van der Waals surface area contributed by atoms with Gasteiger partial charge in [-0.05, 0) is 36.4 Å². The van der Waals surface area contributed by atoms with E-state index in [9.17, 15) is 13.2 Å². The predicted octanol–water partition coefficient (Wildman–Crippen LogP) is 3.05. The predicted molar refractivity (Wildman–Crippen MR) is 91.6 cm³/mol. The van der Waals surface area contributed by atoms with Gasteiger partial charge in [-0.1, -0.05) is 12.1 Å². The van der Waals surface area contributed by atoms with Crippen LogP contribution in [0.1, 0.15) is 21.9 Å². The lowest BCUT2D eigenvalue weighted by molar-refractivity contribution is 0.0596. The molecule has 7 nitrogen and oxygen atoms in total. The van der Waals surface area contributed by atoms with E-state index in [1.807, 2.05) is 0 Å². The summed E-state index contributed by atoms with van der Waals surface area (Å²) in [5.41, 5.74) is -0.0288. The number of benzene rings is 1. The fourth-order valence-corrected chi connectivity index (χ4v) is 4.04. The van der Waals surface area contributed by atoms with Gasteiger partial charge in [0.15, 0.2) is 0 Å². The summed E-state index contributed by atoms with van der Waals surface area (Å²) in [6, 6.07) is 12.6. The summed E-state index contributed by atoms with van der Waals surface area (Å²) in [6.45, 7) is -0.0168. The van der Waals surface area contributed by atoms with Crippen LogP contribution < -0.4 is 0 Å². The summed E-state index contributed by atoms with van der Waals surface area (Å²) in [5, 5.41) is 0. The molecule has 2 heterocycles. The van der Waals surface area contributed by atoms with E-state index in [-0.39, 0.29) is 23.5 Å². The maximum Gasteiger partial charge on any atom is 0.339 e. The van der Waals surface area contributed by atoms with Crippen molar-refractivity contribution < 1.29 is 26.8 Å². The third-order valence-corrected chi connectivity index (χ3v) is 5.58. The van der Waals surface area contributed by atoms with Gasteiger partial charge in [-0.25, -0.2) is 13.2 Å². The van der Waals surface area contributed by atoms with Crippen LogP contribution in [0, 0.1) is 0 Å². The van der Waals surface area contributed by atoms with E-state index in [1.165, 1.54) is 36.1 Å². The SMILES string of the molecule is COC(=O)c1ccccc1S(=O)(=O)N(Cc1ccco1)Cc1ccco1. The molecule has 3 aromatic rings. The molecule has 136 valence electrons. The molecule has 26 heavy (non-hydrogen) atoms. The summed E-state index contributed by atoms with van der Waals surface area (Å²) in [6.07, 6.45) is 2.94. The molecule has 0 aliphatic rings. The van der Waals surface area contributed by atoms with Gasteiger partial charge in [-0.2, -0.15) is 4.31 Å². The molecular weight excluding hydrogens is 358 g/mol. The van der Waals surface area contributed by atoms with E-state index in [0.717, 1.165) is 0 Å². The summed E-state index contributed by atoms with van der Waals surface area (Å²) >= 11 is 0. The number of nitrogens with zero attached hydrogens (tertiary/aromatic N) is 1. The van der Waals surface area contributed by atoms with Crippen LogP contribution in [0.3, 0.4) is 0 Å². The normalized spacial score (nSPS) is 11.6. The molecule has 0 radical (unpaired) electrons. The monoisotopic (exact) mass is 375 g/mol. The minimum Gasteiger partial charge on any atom is -0.468 e. The van der Waals surface area contributed by atoms with E-state index in [2.05, 4.69) is 0 Å². The Kier molecular flexibility index (Phi) is 5.24. The van der Waals surface area contributed by atoms with Gasteiger partial charge >= 0.3 is 5.97 Å². The summed E-state index contributed by atoms with van der Waals surface area (Å²) in [7, 11) is -2.82. The van der Waals surface area contributed by atoms with Crippen molar-refractivity contribution in [3.05, 3.63) is 78.1 Å². The molecule has 0 spiro atoms. The molecule has 8 heteroatoms. The Labute approximate surface area is 150 Å². The number of furan rings is 2. The molecule has 0 aliphatic carbocycles. The van der Waals surface area contributed by atoms with Gasteiger partial charge in [0, 0.05) is 0 Å². The Morgan fingerprint density at radius 2 is 1.54 bits per heavy atom. The van der Waals surface area contributed by atoms with Crippen LogP contribution in [-0.4, -0.2) is 25.8 Å². The highest BCUT2D eigenvalue weighted by Gasteiger charge is 2.30. The molecule has 0 saturated carbocycles. The van der Waals surface area contributed by atoms with Gasteiger partial charge in [-0.3, -0.25) is 0 Å². The second-order valence-corrected chi connectivity index (χ2v) is 7.33. The summed E-state index contributed by atoms with van der Waals surface area (Å²) in [4.78, 5) is 11.9. The second kappa shape index (κ2) is 7.59. The Morgan fingerprint density at radius 1 is 0.962 bits per heavy atom. The lowest BCUT2D eigenvalue weighted by atomic mass is 10.2. The Balaban J connectivity index is 2.03. The fourth-order valence-electron chi connectivity index (χ4n) is 2.49. The molecule has 0 atom stereocenters. The first-order valence-electron chi connectivity index (χ1n) is 7.74. The number of hydrogen-bond donors (Lipinski definition) is 0. The molecule has 1 aromatic carbocycles. The molecule has 0 N–H and O–H groups in total. The number of carbonyl (C=O) groups excluding carboxylic acids is 1. The molecule has 0 amide bonds. The topological polar surface area (TPSA) is 90.0 Å². The van der Waals surface area contributed by atoms with Crippen molar-refractivity contribution in [1.82, 2.24) is 4.31 Å². The smallest absolute Gasteiger partial charge is 0.339 e. The lowest BCUT2D eigenvalue weighted by Crippen LogP contribution is -2.31. The molecule has 0 saturated heterocycles. The zero-order valence-corrected chi connectivity index (χ0v) is 14.8. The van der Waals surface area contributed by atoms with E-state index in [1.54, 1.807) is 36.4 Å². The molecular formula is C18H17NO6S. The molecule has 0 fully saturated rings. The third-order valence-electron chi connectivity index (χ3n) is 3.73. The van der Waals surface area contributed by atoms with Gasteiger partial charge in [0.2, 0.25) is 10.0 Å². The van der Waals surface area contributed by atoms with E-state index in [4.69, 9.17) is 13.6 Å². The average Bonchev–Trinajstić information content (AvgIpc) is 3.34. The van der Waals surface area contributed by atoms with Crippen LogP contribution in [0.2, 0.25) is 0 Å². The first-order chi connectivity index (χ1) is 12.5. The quantitative estimate of drug-likeness (QED) is 0.590. The zero-order chi connectivity index (χ0) is 18.6. The van der Waals surface area contributed by atoms with Crippen LogP contribution in [0.15, 0.2) is 74.8 Å². The fraction of sp³-hybridized carbons (Fsp3) is 0.167. The maximum atomic E-state index is 13.3. The zero-order valence-electron chi connectivity index (χ0n) is 14.0. The highest BCUT2D eigenvalue weighted by Crippen LogP contribution is 2.25. The van der Waals surface area contributed by atoms with E-state index >= 15 is 0 Å². The van der Waals surface area contributed by atoms with Crippen molar-refractivity contribution in [3.8, 4) is 0 Å². The van der Waals surface area contributed by atoms with E-state index in [0.29, 0.717) is 11.5 Å². The minimum absolute atomic E-state index is 0.00839. The van der Waals surface area contributed by atoms with Crippen molar-refractivity contribution in [1.29, 1.82) is 0 Å². The number of ether oxygens (including phenoxy) is 1. The number of esters is 1. The Hall–Kier alpha value is -2.84. The average molecular weight is 375 g/mol. The Morgan fingerprint density at radius 3 is 2.04 bits per heavy atom. The van der Waals surface area contributed by atoms with Crippen LogP contribution in [0.5, 0.6) is 0 Å². The number of hydrogen-bond acceptors (Lipinski definition) is 6. The van der Waals surface area contributed by atoms with Crippen LogP contribution in [0.25, 0.3) is 0 Å². The van der Waals surface area contributed by atoms with Crippen molar-refractivity contribution in [2.45, 2.75) is 18.0 Å². The van der Waals surface area contributed by atoms with Crippen molar-refractivity contribution >= 4 is 16.0 Å². The highest BCUT2D eigenvalue weighted by atomic mass is 32.2. The first kappa shape index (κ1) is 18.0. The van der Waals surface area contributed by atoms with Gasteiger partial charge < -0.3 is 13.6 Å². The molecule has 0 bridgehead atoms. The minimum atomic E-state index is -4.03. The maximum absolute atomic E-state index is 13.3. The molecule has 3 rings (SSSR count). The largest absolute Gasteiger partial charge is 0.468 e. The summed E-state index contributed by atoms with van der Waals surface area (Å²) < 4.78 is 43.0. The first-order valence-corrected chi connectivity index (χ1v) is 9.18. The lowest BCUT2D eigenvalue weighted by Gasteiger charge is -2.21. The number of methoxy groups -OCH3 is 1. The Bertz CT molecular complexity index is 925. The molecule has 0 aliphatic heterocycles. The third kappa shape index (κ3) is 3.71.